The fraction of sp³-hybridized carbons (Fsp3) is 0.364. The first-order valence-corrected chi connectivity index (χ1v) is 5.78. The molecule has 1 rings (SSSR count). The summed E-state index contributed by atoms with van der Waals surface area (Å²) in [5.41, 5.74) is 1.59. The lowest BCUT2D eigenvalue weighted by molar-refractivity contribution is -0.116. The number of nitrogens with zero attached hydrogens (tertiary/aromatic N) is 1. The highest BCUT2D eigenvalue weighted by molar-refractivity contribution is 6.31. The lowest BCUT2D eigenvalue weighted by Gasteiger charge is -2.23. The highest BCUT2D eigenvalue weighted by Gasteiger charge is 2.19. The minimum atomic E-state index is -0.246. The zero-order chi connectivity index (χ0) is 12.1. The van der Waals surface area contributed by atoms with Crippen molar-refractivity contribution in [3.8, 4) is 5.75 Å². The second kappa shape index (κ2) is 5.97. The maximum atomic E-state index is 11.6. The first-order valence-electron chi connectivity index (χ1n) is 4.71. The van der Waals surface area contributed by atoms with Crippen LogP contribution in [0.15, 0.2) is 18.2 Å². The van der Waals surface area contributed by atoms with E-state index in [0.29, 0.717) is 11.4 Å². The second-order valence-corrected chi connectivity index (χ2v) is 3.71. The van der Waals surface area contributed by atoms with Crippen LogP contribution in [0, 0.1) is 6.92 Å². The van der Waals surface area contributed by atoms with Crippen molar-refractivity contribution in [2.45, 2.75) is 6.92 Å². The smallest absolute Gasteiger partial charge is 0.243 e. The number of anilines is 1. The molecule has 3 nitrogen and oxygen atoms in total. The molecule has 0 fully saturated rings. The molecule has 0 radical (unpaired) electrons. The van der Waals surface area contributed by atoms with Gasteiger partial charge in [0.1, 0.15) is 17.6 Å². The Labute approximate surface area is 105 Å². The Balaban J connectivity index is 3.22. The van der Waals surface area contributed by atoms with E-state index in [0.717, 1.165) is 5.56 Å². The van der Waals surface area contributed by atoms with E-state index in [2.05, 4.69) is 0 Å². The average molecular weight is 262 g/mol. The number of alkyl halides is 2. The third kappa shape index (κ3) is 2.60. The number of carbonyl (C=O) groups is 1. The Hall–Kier alpha value is -0.930. The molecule has 0 bridgehead atoms. The van der Waals surface area contributed by atoms with Crippen LogP contribution in [0.25, 0.3) is 0 Å². The van der Waals surface area contributed by atoms with Gasteiger partial charge in [-0.2, -0.15) is 0 Å². The number of rotatable bonds is 4. The molecule has 0 atom stereocenters. The quantitative estimate of drug-likeness (QED) is 0.616. The van der Waals surface area contributed by atoms with Crippen LogP contribution in [0.4, 0.5) is 5.69 Å². The normalized spacial score (nSPS) is 10.0. The van der Waals surface area contributed by atoms with E-state index < -0.39 is 0 Å². The maximum absolute atomic E-state index is 11.6. The van der Waals surface area contributed by atoms with E-state index in [-0.39, 0.29) is 17.8 Å². The van der Waals surface area contributed by atoms with Crippen LogP contribution in [0.3, 0.4) is 0 Å². The SMILES string of the molecule is COc1cccc(C)c1N(CCl)C(=O)CCl. The molecule has 1 aromatic carbocycles. The van der Waals surface area contributed by atoms with Crippen LogP contribution in [0.1, 0.15) is 5.56 Å². The van der Waals surface area contributed by atoms with Gasteiger partial charge >= 0.3 is 0 Å². The third-order valence-corrected chi connectivity index (χ3v) is 2.69. The van der Waals surface area contributed by atoms with E-state index in [1.54, 1.807) is 13.2 Å². The van der Waals surface area contributed by atoms with E-state index in [9.17, 15) is 4.79 Å². The molecule has 16 heavy (non-hydrogen) atoms. The zero-order valence-corrected chi connectivity index (χ0v) is 10.7. The van der Waals surface area contributed by atoms with Crippen LogP contribution in [-0.4, -0.2) is 24.9 Å². The molecule has 0 aliphatic carbocycles. The molecule has 1 amide bonds. The number of methoxy groups -OCH3 is 1. The van der Waals surface area contributed by atoms with E-state index in [1.165, 1.54) is 4.90 Å². The highest BCUT2D eigenvalue weighted by Crippen LogP contribution is 2.32. The molecule has 0 aliphatic heterocycles. The summed E-state index contributed by atoms with van der Waals surface area (Å²) in [5.74, 6) is 0.257. The average Bonchev–Trinajstić information content (AvgIpc) is 2.31. The molecule has 1 aromatic rings. The molecule has 5 heteroatoms. The van der Waals surface area contributed by atoms with Gasteiger partial charge in [0.2, 0.25) is 5.91 Å². The second-order valence-electron chi connectivity index (χ2n) is 3.20. The molecule has 0 unspecified atom stereocenters. The Morgan fingerprint density at radius 2 is 2.12 bits per heavy atom. The topological polar surface area (TPSA) is 29.5 Å². The van der Waals surface area contributed by atoms with Gasteiger partial charge in [-0.25, -0.2) is 0 Å². The zero-order valence-electron chi connectivity index (χ0n) is 9.17. The molecule has 0 saturated heterocycles. The summed E-state index contributed by atoms with van der Waals surface area (Å²) in [4.78, 5) is 13.0. The molecular weight excluding hydrogens is 249 g/mol. The first-order chi connectivity index (χ1) is 7.65. The number of hydrogen-bond acceptors (Lipinski definition) is 2. The number of amides is 1. The number of para-hydroxylation sites is 1. The highest BCUT2D eigenvalue weighted by atomic mass is 35.5. The van der Waals surface area contributed by atoms with Crippen molar-refractivity contribution < 1.29 is 9.53 Å². The van der Waals surface area contributed by atoms with Crippen molar-refractivity contribution in [1.82, 2.24) is 0 Å². The number of aryl methyl sites for hydroxylation is 1. The Kier molecular flexibility index (Phi) is 4.90. The number of hydrogen-bond donors (Lipinski definition) is 0. The number of benzene rings is 1. The van der Waals surface area contributed by atoms with Crippen molar-refractivity contribution in [2.24, 2.45) is 0 Å². The summed E-state index contributed by atoms with van der Waals surface area (Å²) < 4.78 is 5.21. The summed E-state index contributed by atoms with van der Waals surface area (Å²) in [5, 5.41) is 0. The standard InChI is InChI=1S/C11H13Cl2NO2/c1-8-4-3-5-9(16-2)11(8)14(7-13)10(15)6-12/h3-5H,6-7H2,1-2H3. The summed E-state index contributed by atoms with van der Waals surface area (Å²) in [6.07, 6.45) is 0. The van der Waals surface area contributed by atoms with Crippen molar-refractivity contribution in [3.63, 3.8) is 0 Å². The third-order valence-electron chi connectivity index (χ3n) is 2.23. The molecule has 0 N–H and O–H groups in total. The van der Waals surface area contributed by atoms with Gasteiger partial charge in [-0.3, -0.25) is 9.69 Å². The van der Waals surface area contributed by atoms with Gasteiger partial charge in [-0.1, -0.05) is 12.1 Å². The number of carbonyl (C=O) groups excluding carboxylic acids is 1. The van der Waals surface area contributed by atoms with E-state index in [1.807, 2.05) is 19.1 Å². The minimum Gasteiger partial charge on any atom is -0.495 e. The molecule has 0 spiro atoms. The lowest BCUT2D eigenvalue weighted by atomic mass is 10.1. The van der Waals surface area contributed by atoms with Crippen LogP contribution in [-0.2, 0) is 4.79 Å². The molecule has 0 aliphatic rings. The van der Waals surface area contributed by atoms with Gasteiger partial charge in [0.05, 0.1) is 12.8 Å². The van der Waals surface area contributed by atoms with Crippen molar-refractivity contribution in [2.75, 3.05) is 23.9 Å². The monoisotopic (exact) mass is 261 g/mol. The molecule has 0 heterocycles. The summed E-state index contributed by atoms with van der Waals surface area (Å²) >= 11 is 11.3. The fourth-order valence-corrected chi connectivity index (χ4v) is 1.86. The van der Waals surface area contributed by atoms with Gasteiger partial charge in [0.25, 0.3) is 0 Å². The molecule has 0 saturated carbocycles. The van der Waals surface area contributed by atoms with E-state index in [4.69, 9.17) is 27.9 Å². The Morgan fingerprint density at radius 3 is 2.62 bits per heavy atom. The lowest BCUT2D eigenvalue weighted by Crippen LogP contribution is -2.31. The fourth-order valence-electron chi connectivity index (χ4n) is 1.47. The predicted octanol–water partition coefficient (Wildman–Crippen LogP) is 2.77. The summed E-state index contributed by atoms with van der Waals surface area (Å²) in [7, 11) is 1.55. The Bertz CT molecular complexity index is 382. The van der Waals surface area contributed by atoms with Crippen LogP contribution < -0.4 is 9.64 Å². The first kappa shape index (κ1) is 13.1. The summed E-state index contributed by atoms with van der Waals surface area (Å²) in [6.45, 7) is 1.89. The largest absolute Gasteiger partial charge is 0.495 e. The van der Waals surface area contributed by atoms with Crippen LogP contribution >= 0.6 is 23.2 Å². The van der Waals surface area contributed by atoms with E-state index >= 15 is 0 Å². The van der Waals surface area contributed by atoms with Gasteiger partial charge in [-0.15, -0.1) is 23.2 Å². The van der Waals surface area contributed by atoms with Gasteiger partial charge in [0.15, 0.2) is 0 Å². The Morgan fingerprint density at radius 1 is 1.44 bits per heavy atom. The molecule has 0 aromatic heterocycles. The van der Waals surface area contributed by atoms with Gasteiger partial charge in [0, 0.05) is 0 Å². The summed E-state index contributed by atoms with van der Waals surface area (Å²) in [6, 6.07) is 5.57. The van der Waals surface area contributed by atoms with Crippen molar-refractivity contribution in [1.29, 1.82) is 0 Å². The number of halogens is 2. The number of ether oxygens (including phenoxy) is 1. The van der Waals surface area contributed by atoms with Gasteiger partial charge < -0.3 is 4.74 Å². The maximum Gasteiger partial charge on any atom is 0.243 e. The molecule has 88 valence electrons. The van der Waals surface area contributed by atoms with Crippen molar-refractivity contribution in [3.05, 3.63) is 23.8 Å². The predicted molar refractivity (Wildman–Crippen MR) is 66.7 cm³/mol. The van der Waals surface area contributed by atoms with Crippen LogP contribution in [0.2, 0.25) is 0 Å². The molecular formula is C11H13Cl2NO2. The van der Waals surface area contributed by atoms with Gasteiger partial charge in [-0.05, 0) is 18.6 Å². The van der Waals surface area contributed by atoms with Crippen molar-refractivity contribution >= 4 is 34.8 Å². The minimum absolute atomic E-state index is 0.0484. The van der Waals surface area contributed by atoms with Crippen LogP contribution in [0.5, 0.6) is 5.75 Å².